The largest absolute Gasteiger partial charge is 0.292 e. The van der Waals surface area contributed by atoms with Crippen LogP contribution in [0.5, 0.6) is 0 Å². The Labute approximate surface area is 120 Å². The van der Waals surface area contributed by atoms with E-state index in [0.29, 0.717) is 18.5 Å². The monoisotopic (exact) mass is 265 g/mol. The second-order valence-corrected chi connectivity index (χ2v) is 5.86. The molecule has 2 nitrogen and oxygen atoms in total. The summed E-state index contributed by atoms with van der Waals surface area (Å²) in [5, 5.41) is 1.05. The van der Waals surface area contributed by atoms with Crippen LogP contribution in [0.25, 0.3) is 10.9 Å². The molecule has 0 aliphatic rings. The number of pyridine rings is 1. The van der Waals surface area contributed by atoms with Gasteiger partial charge in [0.15, 0.2) is 5.78 Å². The SMILES string of the molecule is CC(C)(C)C#CCCC(=O)c1ccc2ccccc2n1. The van der Waals surface area contributed by atoms with Crippen LogP contribution in [0.15, 0.2) is 36.4 Å². The van der Waals surface area contributed by atoms with Crippen LogP contribution in [-0.4, -0.2) is 10.8 Å². The fourth-order valence-electron chi connectivity index (χ4n) is 1.85. The Bertz CT molecular complexity index is 684. The third-order valence-corrected chi connectivity index (χ3v) is 2.82. The van der Waals surface area contributed by atoms with Gasteiger partial charge in [0, 0.05) is 23.6 Å². The standard InChI is InChI=1S/C18H19NO/c1-18(2,3)13-7-6-10-17(20)16-12-11-14-8-4-5-9-15(14)19-16/h4-5,8-9,11-12H,6,10H2,1-3H3. The van der Waals surface area contributed by atoms with Crippen LogP contribution in [0.3, 0.4) is 0 Å². The number of carbonyl (C=O) groups is 1. The molecule has 0 aliphatic carbocycles. The van der Waals surface area contributed by atoms with Gasteiger partial charge in [-0.3, -0.25) is 4.79 Å². The number of rotatable bonds is 3. The summed E-state index contributed by atoms with van der Waals surface area (Å²) in [4.78, 5) is 16.5. The van der Waals surface area contributed by atoms with E-state index in [1.54, 1.807) is 6.07 Å². The molecule has 0 atom stereocenters. The van der Waals surface area contributed by atoms with E-state index in [9.17, 15) is 4.79 Å². The van der Waals surface area contributed by atoms with Crippen LogP contribution in [0.2, 0.25) is 0 Å². The maximum atomic E-state index is 12.1. The number of carbonyl (C=O) groups excluding carboxylic acids is 1. The number of hydrogen-bond acceptors (Lipinski definition) is 2. The van der Waals surface area contributed by atoms with Crippen LogP contribution in [-0.2, 0) is 0 Å². The van der Waals surface area contributed by atoms with Gasteiger partial charge in [0.2, 0.25) is 0 Å². The summed E-state index contributed by atoms with van der Waals surface area (Å²) in [5.41, 5.74) is 1.38. The van der Waals surface area contributed by atoms with Gasteiger partial charge in [-0.2, -0.15) is 0 Å². The Morgan fingerprint density at radius 1 is 1.15 bits per heavy atom. The van der Waals surface area contributed by atoms with Crippen molar-refractivity contribution < 1.29 is 4.79 Å². The molecule has 2 aromatic rings. The number of ketones is 1. The molecular weight excluding hydrogens is 246 g/mol. The molecule has 102 valence electrons. The van der Waals surface area contributed by atoms with Crippen molar-refractivity contribution in [3.05, 3.63) is 42.1 Å². The van der Waals surface area contributed by atoms with Gasteiger partial charge < -0.3 is 0 Å². The van der Waals surface area contributed by atoms with E-state index in [4.69, 9.17) is 0 Å². The molecule has 1 aromatic carbocycles. The molecule has 0 bridgehead atoms. The molecule has 0 aliphatic heterocycles. The number of fused-ring (bicyclic) bond motifs is 1. The van der Waals surface area contributed by atoms with Crippen molar-refractivity contribution in [1.82, 2.24) is 4.98 Å². The summed E-state index contributed by atoms with van der Waals surface area (Å²) in [6, 6.07) is 11.5. The molecule has 20 heavy (non-hydrogen) atoms. The molecule has 0 amide bonds. The summed E-state index contributed by atoms with van der Waals surface area (Å²) >= 11 is 0. The lowest BCUT2D eigenvalue weighted by atomic mass is 9.97. The van der Waals surface area contributed by atoms with E-state index in [-0.39, 0.29) is 11.2 Å². The van der Waals surface area contributed by atoms with E-state index in [1.807, 2.05) is 30.3 Å². The maximum absolute atomic E-state index is 12.1. The smallest absolute Gasteiger partial charge is 0.182 e. The number of hydrogen-bond donors (Lipinski definition) is 0. The number of aromatic nitrogens is 1. The molecule has 2 rings (SSSR count). The lowest BCUT2D eigenvalue weighted by Gasteiger charge is -2.06. The van der Waals surface area contributed by atoms with Crippen LogP contribution in [0.1, 0.15) is 44.1 Å². The predicted molar refractivity (Wildman–Crippen MR) is 82.5 cm³/mol. The van der Waals surface area contributed by atoms with Crippen molar-refractivity contribution in [2.75, 3.05) is 0 Å². The average Bonchev–Trinajstić information content (AvgIpc) is 2.42. The Morgan fingerprint density at radius 3 is 2.65 bits per heavy atom. The third kappa shape index (κ3) is 3.93. The van der Waals surface area contributed by atoms with Crippen molar-refractivity contribution in [1.29, 1.82) is 0 Å². The van der Waals surface area contributed by atoms with E-state index < -0.39 is 0 Å². The van der Waals surface area contributed by atoms with Crippen molar-refractivity contribution in [3.8, 4) is 11.8 Å². The predicted octanol–water partition coefficient (Wildman–Crippen LogP) is 4.25. The van der Waals surface area contributed by atoms with E-state index in [1.165, 1.54) is 0 Å². The van der Waals surface area contributed by atoms with Crippen LogP contribution in [0.4, 0.5) is 0 Å². The third-order valence-electron chi connectivity index (χ3n) is 2.82. The zero-order chi connectivity index (χ0) is 14.6. The Morgan fingerprint density at radius 2 is 1.90 bits per heavy atom. The van der Waals surface area contributed by atoms with Gasteiger partial charge in [-0.05, 0) is 32.9 Å². The van der Waals surface area contributed by atoms with Crippen molar-refractivity contribution in [3.63, 3.8) is 0 Å². The van der Waals surface area contributed by atoms with Crippen LogP contribution < -0.4 is 0 Å². The first kappa shape index (κ1) is 14.3. The van der Waals surface area contributed by atoms with E-state index in [0.717, 1.165) is 10.9 Å². The number of nitrogens with zero attached hydrogens (tertiary/aromatic N) is 1. The van der Waals surface area contributed by atoms with Gasteiger partial charge >= 0.3 is 0 Å². The summed E-state index contributed by atoms with van der Waals surface area (Å²) in [7, 11) is 0. The molecule has 0 spiro atoms. The molecule has 0 N–H and O–H groups in total. The number of para-hydroxylation sites is 1. The minimum absolute atomic E-state index is 0.00968. The topological polar surface area (TPSA) is 30.0 Å². The Hall–Kier alpha value is -2.14. The summed E-state index contributed by atoms with van der Waals surface area (Å²) < 4.78 is 0. The molecule has 0 unspecified atom stereocenters. The highest BCUT2D eigenvalue weighted by atomic mass is 16.1. The van der Waals surface area contributed by atoms with Crippen molar-refractivity contribution in [2.24, 2.45) is 5.41 Å². The van der Waals surface area contributed by atoms with Crippen molar-refractivity contribution in [2.45, 2.75) is 33.6 Å². The summed E-state index contributed by atoms with van der Waals surface area (Å²) in [5.74, 6) is 6.25. The van der Waals surface area contributed by atoms with Gasteiger partial charge in [0.1, 0.15) is 5.69 Å². The first-order chi connectivity index (χ1) is 9.46. The van der Waals surface area contributed by atoms with Gasteiger partial charge in [-0.1, -0.05) is 30.2 Å². The van der Waals surface area contributed by atoms with E-state index in [2.05, 4.69) is 37.6 Å². The lowest BCUT2D eigenvalue weighted by molar-refractivity contribution is 0.0980. The van der Waals surface area contributed by atoms with Gasteiger partial charge in [0.25, 0.3) is 0 Å². The molecule has 2 heteroatoms. The molecule has 0 fully saturated rings. The molecule has 0 radical (unpaired) electrons. The highest BCUT2D eigenvalue weighted by Crippen LogP contribution is 2.14. The van der Waals surface area contributed by atoms with Crippen molar-refractivity contribution >= 4 is 16.7 Å². The number of Topliss-reactive ketones (excluding diaryl/α,β-unsaturated/α-hetero) is 1. The first-order valence-electron chi connectivity index (χ1n) is 6.85. The average molecular weight is 265 g/mol. The van der Waals surface area contributed by atoms with Gasteiger partial charge in [-0.15, -0.1) is 5.92 Å². The maximum Gasteiger partial charge on any atom is 0.182 e. The highest BCUT2D eigenvalue weighted by molar-refractivity contribution is 5.96. The fraction of sp³-hybridized carbons (Fsp3) is 0.333. The minimum atomic E-state index is -0.00968. The number of benzene rings is 1. The normalized spacial score (nSPS) is 10.9. The second-order valence-electron chi connectivity index (χ2n) is 5.86. The molecule has 0 saturated carbocycles. The lowest BCUT2D eigenvalue weighted by Crippen LogP contribution is -2.02. The fourth-order valence-corrected chi connectivity index (χ4v) is 1.85. The summed E-state index contributed by atoms with van der Waals surface area (Å²) in [6.45, 7) is 6.19. The molecule has 1 aromatic heterocycles. The highest BCUT2D eigenvalue weighted by Gasteiger charge is 2.08. The Balaban J connectivity index is 2.06. The quantitative estimate of drug-likeness (QED) is 0.613. The van der Waals surface area contributed by atoms with Gasteiger partial charge in [-0.25, -0.2) is 4.98 Å². The zero-order valence-electron chi connectivity index (χ0n) is 12.2. The molecule has 1 heterocycles. The molecular formula is C18H19NO. The first-order valence-corrected chi connectivity index (χ1v) is 6.85. The van der Waals surface area contributed by atoms with E-state index >= 15 is 0 Å². The minimum Gasteiger partial charge on any atom is -0.292 e. The van der Waals surface area contributed by atoms with Crippen LogP contribution >= 0.6 is 0 Å². The van der Waals surface area contributed by atoms with Gasteiger partial charge in [0.05, 0.1) is 5.52 Å². The summed E-state index contributed by atoms with van der Waals surface area (Å²) in [6.07, 6.45) is 1.01. The zero-order valence-corrected chi connectivity index (χ0v) is 12.2. The molecule has 0 saturated heterocycles. The second kappa shape index (κ2) is 5.88. The van der Waals surface area contributed by atoms with Crippen LogP contribution in [0, 0.1) is 17.3 Å². The Kier molecular flexibility index (Phi) is 4.20.